The molecule has 1 aromatic carbocycles. The van der Waals surface area contributed by atoms with Crippen LogP contribution in [0, 0.1) is 0 Å². The highest BCUT2D eigenvalue weighted by molar-refractivity contribution is 5.85. The van der Waals surface area contributed by atoms with Crippen LogP contribution in [0.2, 0.25) is 0 Å². The molecule has 2 amide bonds. The van der Waals surface area contributed by atoms with Crippen molar-refractivity contribution in [3.05, 3.63) is 35.9 Å². The summed E-state index contributed by atoms with van der Waals surface area (Å²) < 4.78 is 0. The minimum absolute atomic E-state index is 0. The molecule has 0 atom stereocenters. The fourth-order valence-electron chi connectivity index (χ4n) is 1.15. The van der Waals surface area contributed by atoms with Gasteiger partial charge in [-0.05, 0) is 12.5 Å². The lowest BCUT2D eigenvalue weighted by molar-refractivity contribution is 0.208. The van der Waals surface area contributed by atoms with Gasteiger partial charge in [0.25, 0.3) is 0 Å². The molecule has 4 heteroatoms. The van der Waals surface area contributed by atoms with Gasteiger partial charge in [0.05, 0.1) is 0 Å². The smallest absolute Gasteiger partial charge is 0.315 e. The van der Waals surface area contributed by atoms with E-state index in [1.165, 1.54) is 0 Å². The predicted octanol–water partition coefficient (Wildman–Crippen LogP) is 2.01. The number of carbonyl (C=O) groups excluding carboxylic acids is 1. The van der Waals surface area contributed by atoms with Crippen molar-refractivity contribution in [3.63, 3.8) is 0 Å². The summed E-state index contributed by atoms with van der Waals surface area (Å²) in [6.45, 7) is 3.14. The summed E-state index contributed by atoms with van der Waals surface area (Å²) in [6, 6.07) is 9.43. The topological polar surface area (TPSA) is 46.3 Å². The average Bonchev–Trinajstić information content (AvgIpc) is 2.15. The van der Waals surface area contributed by atoms with Gasteiger partial charge in [0.1, 0.15) is 0 Å². The van der Waals surface area contributed by atoms with E-state index >= 15 is 0 Å². The van der Waals surface area contributed by atoms with Crippen LogP contribution in [0.3, 0.4) is 0 Å². The van der Waals surface area contributed by atoms with E-state index in [0.29, 0.717) is 13.1 Å². The molecule has 78 valence electrons. The van der Waals surface area contributed by atoms with Crippen molar-refractivity contribution in [1.82, 2.24) is 4.90 Å². The summed E-state index contributed by atoms with van der Waals surface area (Å²) in [5.41, 5.74) is 6.28. The molecule has 1 rings (SSSR count). The third-order valence-corrected chi connectivity index (χ3v) is 1.91. The van der Waals surface area contributed by atoms with E-state index in [2.05, 4.69) is 0 Å². The van der Waals surface area contributed by atoms with E-state index in [1.54, 1.807) is 4.90 Å². The fraction of sp³-hybridized carbons (Fsp3) is 0.300. The van der Waals surface area contributed by atoms with Crippen molar-refractivity contribution in [2.24, 2.45) is 5.73 Å². The maximum atomic E-state index is 10.9. The molecule has 0 saturated heterocycles. The molecule has 2 N–H and O–H groups in total. The predicted molar refractivity (Wildman–Crippen MR) is 59.4 cm³/mol. The lowest BCUT2D eigenvalue weighted by atomic mass is 10.2. The molecule has 0 aliphatic heterocycles. The number of amides is 2. The first kappa shape index (κ1) is 12.8. The zero-order valence-electron chi connectivity index (χ0n) is 8.14. The third kappa shape index (κ3) is 3.66. The Morgan fingerprint density at radius 2 is 1.93 bits per heavy atom. The molecule has 0 aliphatic carbocycles. The first-order valence-electron chi connectivity index (χ1n) is 4.32. The number of urea groups is 1. The Bertz CT molecular complexity index is 277. The van der Waals surface area contributed by atoms with Crippen LogP contribution >= 0.6 is 12.4 Å². The summed E-state index contributed by atoms with van der Waals surface area (Å²) in [7, 11) is 0. The van der Waals surface area contributed by atoms with Crippen molar-refractivity contribution >= 4 is 18.4 Å². The minimum Gasteiger partial charge on any atom is -0.351 e. The molecule has 14 heavy (non-hydrogen) atoms. The Morgan fingerprint density at radius 3 is 2.36 bits per heavy atom. The van der Waals surface area contributed by atoms with E-state index in [-0.39, 0.29) is 18.4 Å². The normalized spacial score (nSPS) is 8.93. The molecule has 0 aliphatic rings. The van der Waals surface area contributed by atoms with Gasteiger partial charge in [-0.1, -0.05) is 30.3 Å². The number of carbonyl (C=O) groups is 1. The Labute approximate surface area is 90.3 Å². The SMILES string of the molecule is CCN(Cc1ccccc1)C(N)=O.Cl. The van der Waals surface area contributed by atoms with Crippen LogP contribution < -0.4 is 5.73 Å². The molecule has 0 unspecified atom stereocenters. The molecule has 0 fully saturated rings. The van der Waals surface area contributed by atoms with E-state index in [4.69, 9.17) is 5.73 Å². The number of halogens is 1. The lowest BCUT2D eigenvalue weighted by Crippen LogP contribution is -2.34. The maximum Gasteiger partial charge on any atom is 0.315 e. The summed E-state index contributed by atoms with van der Waals surface area (Å²) in [6.07, 6.45) is 0. The van der Waals surface area contributed by atoms with E-state index in [9.17, 15) is 4.79 Å². The van der Waals surface area contributed by atoms with Crippen LogP contribution in [0.1, 0.15) is 12.5 Å². The first-order chi connectivity index (χ1) is 6.24. The molecule has 3 nitrogen and oxygen atoms in total. The number of nitrogens with two attached hydrogens (primary N) is 1. The molecule has 0 aromatic heterocycles. The van der Waals surface area contributed by atoms with Gasteiger partial charge in [-0.3, -0.25) is 0 Å². The number of nitrogens with zero attached hydrogens (tertiary/aromatic N) is 1. The highest BCUT2D eigenvalue weighted by atomic mass is 35.5. The molecule has 0 saturated carbocycles. The van der Waals surface area contributed by atoms with Crippen LogP contribution in [-0.4, -0.2) is 17.5 Å². The first-order valence-corrected chi connectivity index (χ1v) is 4.32. The van der Waals surface area contributed by atoms with Gasteiger partial charge < -0.3 is 10.6 Å². The molecule has 0 heterocycles. The molecular weight excluding hydrogens is 200 g/mol. The highest BCUT2D eigenvalue weighted by Crippen LogP contribution is 2.03. The van der Waals surface area contributed by atoms with Crippen molar-refractivity contribution in [3.8, 4) is 0 Å². The van der Waals surface area contributed by atoms with Gasteiger partial charge in [0.2, 0.25) is 0 Å². The van der Waals surface area contributed by atoms with Gasteiger partial charge in [-0.15, -0.1) is 12.4 Å². The Hall–Kier alpha value is -1.22. The summed E-state index contributed by atoms with van der Waals surface area (Å²) in [5, 5.41) is 0. The third-order valence-electron chi connectivity index (χ3n) is 1.91. The lowest BCUT2D eigenvalue weighted by Gasteiger charge is -2.17. The number of hydrogen-bond donors (Lipinski definition) is 1. The van der Waals surface area contributed by atoms with Crippen molar-refractivity contribution in [2.75, 3.05) is 6.54 Å². The number of rotatable bonds is 3. The van der Waals surface area contributed by atoms with Crippen molar-refractivity contribution in [1.29, 1.82) is 0 Å². The fourth-order valence-corrected chi connectivity index (χ4v) is 1.15. The second kappa shape index (κ2) is 6.27. The van der Waals surface area contributed by atoms with Crippen molar-refractivity contribution in [2.45, 2.75) is 13.5 Å². The Morgan fingerprint density at radius 1 is 1.36 bits per heavy atom. The van der Waals surface area contributed by atoms with Crippen LogP contribution in [0.5, 0.6) is 0 Å². The molecule has 0 spiro atoms. The van der Waals surface area contributed by atoms with Crippen LogP contribution in [0.15, 0.2) is 30.3 Å². The Kier molecular flexibility index (Phi) is 5.72. The quantitative estimate of drug-likeness (QED) is 0.822. The molecule has 1 aromatic rings. The largest absolute Gasteiger partial charge is 0.351 e. The van der Waals surface area contributed by atoms with Crippen LogP contribution in [-0.2, 0) is 6.54 Å². The van der Waals surface area contributed by atoms with Crippen molar-refractivity contribution < 1.29 is 4.79 Å². The number of benzene rings is 1. The molecular formula is C10H15ClN2O. The average molecular weight is 215 g/mol. The second-order valence-electron chi connectivity index (χ2n) is 2.84. The summed E-state index contributed by atoms with van der Waals surface area (Å²) in [4.78, 5) is 12.5. The highest BCUT2D eigenvalue weighted by Gasteiger charge is 2.06. The van der Waals surface area contributed by atoms with E-state index in [0.717, 1.165) is 5.56 Å². The van der Waals surface area contributed by atoms with Gasteiger partial charge in [-0.25, -0.2) is 4.79 Å². The zero-order valence-corrected chi connectivity index (χ0v) is 8.96. The van der Waals surface area contributed by atoms with Gasteiger partial charge in [-0.2, -0.15) is 0 Å². The summed E-state index contributed by atoms with van der Waals surface area (Å²) in [5.74, 6) is 0. The van der Waals surface area contributed by atoms with E-state index < -0.39 is 0 Å². The minimum atomic E-state index is -0.369. The zero-order chi connectivity index (χ0) is 9.68. The monoisotopic (exact) mass is 214 g/mol. The Balaban J connectivity index is 0.00000169. The molecule has 0 bridgehead atoms. The molecule has 0 radical (unpaired) electrons. The number of primary amides is 1. The summed E-state index contributed by atoms with van der Waals surface area (Å²) >= 11 is 0. The standard InChI is InChI=1S/C10H14N2O.ClH/c1-2-12(10(11)13)8-9-6-4-3-5-7-9;/h3-7H,2,8H2,1H3,(H2,11,13);1H. The maximum absolute atomic E-state index is 10.9. The van der Waals surface area contributed by atoms with Gasteiger partial charge in [0, 0.05) is 13.1 Å². The number of hydrogen-bond acceptors (Lipinski definition) is 1. The van der Waals surface area contributed by atoms with Gasteiger partial charge >= 0.3 is 6.03 Å². The van der Waals surface area contributed by atoms with Crippen LogP contribution in [0.4, 0.5) is 4.79 Å². The van der Waals surface area contributed by atoms with E-state index in [1.807, 2.05) is 37.3 Å². The second-order valence-corrected chi connectivity index (χ2v) is 2.84. The van der Waals surface area contributed by atoms with Crippen LogP contribution in [0.25, 0.3) is 0 Å². The van der Waals surface area contributed by atoms with Gasteiger partial charge in [0.15, 0.2) is 0 Å².